The van der Waals surface area contributed by atoms with Gasteiger partial charge in [-0.2, -0.15) is 0 Å². The van der Waals surface area contributed by atoms with Gasteiger partial charge in [0.15, 0.2) is 0 Å². The number of rotatable bonds is 3. The number of carbonyl (C=O) groups is 1. The molecule has 1 N–H and O–H groups in total. The van der Waals surface area contributed by atoms with Crippen LogP contribution in [0.3, 0.4) is 0 Å². The number of fused-ring (bicyclic) bond motifs is 1. The number of piperidine rings is 1. The first-order valence-corrected chi connectivity index (χ1v) is 9.98. The molecular weight excluding hydrogens is 360 g/mol. The molecule has 1 aromatic carbocycles. The summed E-state index contributed by atoms with van der Waals surface area (Å²) in [6.45, 7) is 3.83. The van der Waals surface area contributed by atoms with E-state index in [1.165, 1.54) is 41.5 Å². The summed E-state index contributed by atoms with van der Waals surface area (Å²) >= 11 is 1.27. The first-order valence-electron chi connectivity index (χ1n) is 9.16. The molecule has 2 aromatic heterocycles. The lowest BCUT2D eigenvalue weighted by atomic mass is 10.1. The van der Waals surface area contributed by atoms with Crippen LogP contribution in [-0.2, 0) is 7.05 Å². The molecule has 140 valence electrons. The summed E-state index contributed by atoms with van der Waals surface area (Å²) in [5, 5.41) is 3.58. The Morgan fingerprint density at radius 2 is 1.93 bits per heavy atom. The molecule has 1 amide bonds. The van der Waals surface area contributed by atoms with Gasteiger partial charge in [-0.1, -0.05) is 12.1 Å². The number of aryl methyl sites for hydroxylation is 2. The van der Waals surface area contributed by atoms with Crippen molar-refractivity contribution in [1.82, 2.24) is 9.55 Å². The lowest BCUT2D eigenvalue weighted by Crippen LogP contribution is -2.30. The van der Waals surface area contributed by atoms with Gasteiger partial charge >= 0.3 is 0 Å². The number of amides is 1. The average molecular weight is 382 g/mol. The van der Waals surface area contributed by atoms with Crippen molar-refractivity contribution in [3.8, 4) is 0 Å². The quantitative estimate of drug-likeness (QED) is 0.752. The van der Waals surface area contributed by atoms with Gasteiger partial charge < -0.3 is 14.8 Å². The minimum absolute atomic E-state index is 0.124. The monoisotopic (exact) mass is 382 g/mol. The van der Waals surface area contributed by atoms with Gasteiger partial charge in [0.2, 0.25) is 0 Å². The fraction of sp³-hybridized carbons (Fsp3) is 0.350. The normalized spacial score (nSPS) is 14.5. The van der Waals surface area contributed by atoms with E-state index in [9.17, 15) is 9.59 Å². The molecule has 0 aliphatic carbocycles. The average Bonchev–Trinajstić information content (AvgIpc) is 3.03. The van der Waals surface area contributed by atoms with Crippen LogP contribution in [0, 0.1) is 6.92 Å². The Bertz CT molecular complexity index is 1060. The summed E-state index contributed by atoms with van der Waals surface area (Å²) in [6, 6.07) is 7.91. The van der Waals surface area contributed by atoms with Crippen molar-refractivity contribution in [1.29, 1.82) is 0 Å². The number of thiophene rings is 1. The Balaban J connectivity index is 1.68. The Hall–Kier alpha value is -2.67. The molecule has 1 saturated heterocycles. The molecule has 0 radical (unpaired) electrons. The smallest absolute Gasteiger partial charge is 0.266 e. The number of carbonyl (C=O) groups excluding carboxylic acids is 1. The number of aromatic nitrogens is 2. The SMILES string of the molecule is Cc1c(C(=O)Nc2ccccc2N2CCCCC2)sc2ncn(C)c(=O)c12. The van der Waals surface area contributed by atoms with Crippen molar-refractivity contribution in [2.45, 2.75) is 26.2 Å². The van der Waals surface area contributed by atoms with E-state index >= 15 is 0 Å². The lowest BCUT2D eigenvalue weighted by molar-refractivity contribution is 0.103. The Morgan fingerprint density at radius 1 is 1.19 bits per heavy atom. The zero-order valence-corrected chi connectivity index (χ0v) is 16.3. The van der Waals surface area contributed by atoms with E-state index in [0.717, 1.165) is 24.5 Å². The Labute approximate surface area is 161 Å². The minimum atomic E-state index is -0.193. The molecule has 0 saturated carbocycles. The third-order valence-corrected chi connectivity index (χ3v) is 6.26. The third-order valence-electron chi connectivity index (χ3n) is 5.07. The number of hydrogen-bond acceptors (Lipinski definition) is 5. The van der Waals surface area contributed by atoms with Gasteiger partial charge in [0.25, 0.3) is 11.5 Å². The molecule has 0 atom stereocenters. The summed E-state index contributed by atoms with van der Waals surface area (Å²) in [7, 11) is 1.67. The Morgan fingerprint density at radius 3 is 2.70 bits per heavy atom. The van der Waals surface area contributed by atoms with Crippen LogP contribution in [0.4, 0.5) is 11.4 Å². The van der Waals surface area contributed by atoms with E-state index < -0.39 is 0 Å². The maximum Gasteiger partial charge on any atom is 0.266 e. The van der Waals surface area contributed by atoms with E-state index in [1.54, 1.807) is 7.05 Å². The molecule has 3 heterocycles. The van der Waals surface area contributed by atoms with Gasteiger partial charge in [-0.05, 0) is 43.9 Å². The standard InChI is InChI=1S/C20H22N4O2S/c1-13-16-19(21-12-23(2)20(16)26)27-17(13)18(25)22-14-8-4-5-9-15(14)24-10-6-3-7-11-24/h4-5,8-9,12H,3,6-7,10-11H2,1-2H3,(H,22,25). The van der Waals surface area contributed by atoms with E-state index in [-0.39, 0.29) is 11.5 Å². The summed E-state index contributed by atoms with van der Waals surface area (Å²) in [5.74, 6) is -0.193. The molecule has 1 aliphatic heterocycles. The molecule has 0 unspecified atom stereocenters. The summed E-state index contributed by atoms with van der Waals surface area (Å²) in [4.78, 5) is 33.1. The van der Waals surface area contributed by atoms with Crippen molar-refractivity contribution >= 4 is 38.8 Å². The first kappa shape index (κ1) is 17.7. The van der Waals surface area contributed by atoms with Crippen LogP contribution in [0.25, 0.3) is 10.2 Å². The predicted octanol–water partition coefficient (Wildman–Crippen LogP) is 3.55. The number of nitrogens with one attached hydrogen (secondary N) is 1. The van der Waals surface area contributed by atoms with E-state index in [1.807, 2.05) is 25.1 Å². The number of anilines is 2. The van der Waals surface area contributed by atoms with Gasteiger partial charge in [-0.3, -0.25) is 9.59 Å². The molecule has 0 spiro atoms. The Kier molecular flexibility index (Phi) is 4.70. The third kappa shape index (κ3) is 3.23. The number of nitrogens with zero attached hydrogens (tertiary/aromatic N) is 3. The van der Waals surface area contributed by atoms with Crippen molar-refractivity contribution in [3.05, 3.63) is 51.4 Å². The largest absolute Gasteiger partial charge is 0.370 e. The molecule has 3 aromatic rings. The summed E-state index contributed by atoms with van der Waals surface area (Å²) in [5.41, 5.74) is 2.43. The van der Waals surface area contributed by atoms with Crippen molar-refractivity contribution in [2.75, 3.05) is 23.3 Å². The molecule has 1 aliphatic rings. The second-order valence-electron chi connectivity index (χ2n) is 6.92. The number of benzene rings is 1. The van der Waals surface area contributed by atoms with Crippen LogP contribution >= 0.6 is 11.3 Å². The zero-order chi connectivity index (χ0) is 19.0. The van der Waals surface area contributed by atoms with Crippen LogP contribution in [0.2, 0.25) is 0 Å². The van der Waals surface area contributed by atoms with Crippen molar-refractivity contribution in [3.63, 3.8) is 0 Å². The molecular formula is C20H22N4O2S. The molecule has 6 nitrogen and oxygen atoms in total. The van der Waals surface area contributed by atoms with Crippen molar-refractivity contribution < 1.29 is 4.79 Å². The second-order valence-corrected chi connectivity index (χ2v) is 7.92. The van der Waals surface area contributed by atoms with E-state index in [4.69, 9.17) is 0 Å². The van der Waals surface area contributed by atoms with Gasteiger partial charge in [-0.15, -0.1) is 11.3 Å². The van der Waals surface area contributed by atoms with Crippen LogP contribution < -0.4 is 15.8 Å². The predicted molar refractivity (Wildman–Crippen MR) is 110 cm³/mol. The van der Waals surface area contributed by atoms with Gasteiger partial charge in [0, 0.05) is 20.1 Å². The maximum atomic E-state index is 13.0. The van der Waals surface area contributed by atoms with Crippen LogP contribution in [0.5, 0.6) is 0 Å². The highest BCUT2D eigenvalue weighted by molar-refractivity contribution is 7.20. The maximum absolute atomic E-state index is 13.0. The van der Waals surface area contributed by atoms with Gasteiger partial charge in [-0.25, -0.2) is 4.98 Å². The van der Waals surface area contributed by atoms with Crippen LogP contribution in [0.15, 0.2) is 35.4 Å². The highest BCUT2D eigenvalue weighted by Crippen LogP contribution is 2.31. The fourth-order valence-electron chi connectivity index (χ4n) is 3.59. The zero-order valence-electron chi connectivity index (χ0n) is 15.5. The van der Waals surface area contributed by atoms with E-state index in [2.05, 4.69) is 21.3 Å². The number of para-hydroxylation sites is 2. The minimum Gasteiger partial charge on any atom is -0.370 e. The summed E-state index contributed by atoms with van der Waals surface area (Å²) < 4.78 is 1.44. The molecule has 0 bridgehead atoms. The highest BCUT2D eigenvalue weighted by atomic mass is 32.1. The van der Waals surface area contributed by atoms with Crippen LogP contribution in [0.1, 0.15) is 34.5 Å². The van der Waals surface area contributed by atoms with Gasteiger partial charge in [0.05, 0.1) is 28.0 Å². The fourth-order valence-corrected chi connectivity index (χ4v) is 4.63. The second kappa shape index (κ2) is 7.15. The van der Waals surface area contributed by atoms with Crippen LogP contribution in [-0.4, -0.2) is 28.5 Å². The molecule has 1 fully saturated rings. The topological polar surface area (TPSA) is 67.2 Å². The summed E-state index contributed by atoms with van der Waals surface area (Å²) in [6.07, 6.45) is 5.10. The van der Waals surface area contributed by atoms with E-state index in [0.29, 0.717) is 20.7 Å². The molecule has 7 heteroatoms. The molecule has 27 heavy (non-hydrogen) atoms. The highest BCUT2D eigenvalue weighted by Gasteiger charge is 2.21. The van der Waals surface area contributed by atoms with Crippen molar-refractivity contribution in [2.24, 2.45) is 7.05 Å². The lowest BCUT2D eigenvalue weighted by Gasteiger charge is -2.30. The first-order chi connectivity index (χ1) is 13.1. The van der Waals surface area contributed by atoms with Gasteiger partial charge in [0.1, 0.15) is 4.83 Å². The molecule has 4 rings (SSSR count). The number of hydrogen-bond donors (Lipinski definition) is 1.